The molecule has 3 rings (SSSR count). The number of aliphatic hydroxyl groups excluding tert-OH is 1. The minimum Gasteiger partial charge on any atom is -0.396 e. The van der Waals surface area contributed by atoms with E-state index in [0.717, 1.165) is 16.1 Å². The lowest BCUT2D eigenvalue weighted by Crippen LogP contribution is -2.12. The van der Waals surface area contributed by atoms with E-state index in [-0.39, 0.29) is 12.5 Å². The third-order valence-electron chi connectivity index (χ3n) is 3.26. The van der Waals surface area contributed by atoms with E-state index in [9.17, 15) is 4.79 Å². The quantitative estimate of drug-likeness (QED) is 0.745. The first-order valence-corrected chi connectivity index (χ1v) is 7.81. The lowest BCUT2D eigenvalue weighted by atomic mass is 10.1. The maximum Gasteiger partial charge on any atom is 0.257 e. The van der Waals surface area contributed by atoms with Gasteiger partial charge in [-0.3, -0.25) is 10.1 Å². The van der Waals surface area contributed by atoms with Crippen molar-refractivity contribution >= 4 is 22.4 Å². The topological polar surface area (TPSA) is 92.9 Å². The number of carbonyl (C=O) groups excluding carboxylic acids is 1. The molecule has 8 heteroatoms. The highest BCUT2D eigenvalue weighted by atomic mass is 32.1. The molecule has 0 aliphatic heterocycles. The monoisotopic (exact) mass is 329 g/mol. The number of carbonyl (C=O) groups is 1. The van der Waals surface area contributed by atoms with Crippen LogP contribution in [0, 0.1) is 6.92 Å². The zero-order valence-corrected chi connectivity index (χ0v) is 13.2. The van der Waals surface area contributed by atoms with Crippen molar-refractivity contribution in [1.82, 2.24) is 19.7 Å². The number of anilines is 1. The Morgan fingerprint density at radius 3 is 3.00 bits per heavy atom. The van der Waals surface area contributed by atoms with Crippen molar-refractivity contribution in [2.24, 2.45) is 0 Å². The van der Waals surface area contributed by atoms with E-state index >= 15 is 0 Å². The molecule has 0 fully saturated rings. The molecule has 3 aromatic rings. The molecule has 1 amide bonds. The molecule has 0 aliphatic rings. The van der Waals surface area contributed by atoms with Crippen molar-refractivity contribution in [2.45, 2.75) is 13.3 Å². The highest BCUT2D eigenvalue weighted by Gasteiger charge is 2.11. The Bertz CT molecular complexity index is 813. The van der Waals surface area contributed by atoms with Gasteiger partial charge in [-0.1, -0.05) is 0 Å². The molecular weight excluding hydrogens is 314 g/mol. The lowest BCUT2D eigenvalue weighted by Gasteiger charge is -2.08. The van der Waals surface area contributed by atoms with Crippen LogP contribution in [0.25, 0.3) is 5.69 Å². The second-order valence-electron chi connectivity index (χ2n) is 4.90. The van der Waals surface area contributed by atoms with Crippen molar-refractivity contribution in [3.05, 3.63) is 53.1 Å². The number of rotatable bonds is 5. The number of aryl methyl sites for hydroxylation is 1. The van der Waals surface area contributed by atoms with Crippen LogP contribution < -0.4 is 5.32 Å². The first kappa shape index (κ1) is 15.3. The Hall–Kier alpha value is -2.58. The summed E-state index contributed by atoms with van der Waals surface area (Å²) in [5.74, 6) is -0.219. The van der Waals surface area contributed by atoms with Gasteiger partial charge in [-0.25, -0.2) is 14.6 Å². The minimum absolute atomic E-state index is 0.0680. The number of nitrogens with zero attached hydrogens (tertiary/aromatic N) is 4. The summed E-state index contributed by atoms with van der Waals surface area (Å²) in [6, 6.07) is 5.37. The number of nitrogens with one attached hydrogen (secondary N) is 1. The van der Waals surface area contributed by atoms with Gasteiger partial charge in [0.1, 0.15) is 12.7 Å². The smallest absolute Gasteiger partial charge is 0.257 e. The summed E-state index contributed by atoms with van der Waals surface area (Å²) in [5.41, 5.74) is 2.34. The zero-order valence-electron chi connectivity index (χ0n) is 12.4. The number of aliphatic hydroxyl groups is 1. The minimum atomic E-state index is -0.219. The first-order valence-electron chi connectivity index (χ1n) is 7.00. The number of amides is 1. The van der Waals surface area contributed by atoms with Crippen molar-refractivity contribution in [3.63, 3.8) is 0 Å². The van der Waals surface area contributed by atoms with Crippen LogP contribution in [0.4, 0.5) is 5.13 Å². The zero-order chi connectivity index (χ0) is 16.2. The summed E-state index contributed by atoms with van der Waals surface area (Å²) in [6.07, 6.45) is 5.28. The molecule has 2 aromatic heterocycles. The third-order valence-corrected chi connectivity index (χ3v) is 4.23. The van der Waals surface area contributed by atoms with Crippen LogP contribution in [0.5, 0.6) is 0 Å². The van der Waals surface area contributed by atoms with Crippen molar-refractivity contribution in [1.29, 1.82) is 0 Å². The van der Waals surface area contributed by atoms with Gasteiger partial charge >= 0.3 is 0 Å². The molecule has 118 valence electrons. The summed E-state index contributed by atoms with van der Waals surface area (Å²) in [7, 11) is 0. The van der Waals surface area contributed by atoms with Crippen LogP contribution in [-0.4, -0.2) is 37.4 Å². The molecule has 0 radical (unpaired) electrons. The van der Waals surface area contributed by atoms with E-state index in [0.29, 0.717) is 17.1 Å². The van der Waals surface area contributed by atoms with Gasteiger partial charge in [-0.2, -0.15) is 5.10 Å². The van der Waals surface area contributed by atoms with Crippen LogP contribution in [-0.2, 0) is 6.42 Å². The third kappa shape index (κ3) is 3.43. The summed E-state index contributed by atoms with van der Waals surface area (Å²) in [4.78, 5) is 21.3. The average molecular weight is 329 g/mol. The molecule has 0 bridgehead atoms. The summed E-state index contributed by atoms with van der Waals surface area (Å²) >= 11 is 1.36. The molecule has 0 saturated heterocycles. The Labute approximate surface area is 136 Å². The van der Waals surface area contributed by atoms with Crippen molar-refractivity contribution in [2.75, 3.05) is 11.9 Å². The predicted molar refractivity (Wildman–Crippen MR) is 87.0 cm³/mol. The standard InChI is InChI=1S/C15H15N5O2S/c1-10-6-11(2-3-13(10)20-9-16-8-18-20)14(22)19-15-17-7-12(23-15)4-5-21/h2-3,6-9,21H,4-5H2,1H3,(H,17,19,22). The van der Waals surface area contributed by atoms with Gasteiger partial charge in [0.2, 0.25) is 0 Å². The van der Waals surface area contributed by atoms with Gasteiger partial charge in [0.15, 0.2) is 5.13 Å². The fourth-order valence-corrected chi connectivity index (χ4v) is 2.94. The number of hydrogen-bond donors (Lipinski definition) is 2. The maximum atomic E-state index is 12.3. The molecule has 0 aliphatic carbocycles. The van der Waals surface area contributed by atoms with E-state index < -0.39 is 0 Å². The average Bonchev–Trinajstić information content (AvgIpc) is 3.19. The summed E-state index contributed by atoms with van der Waals surface area (Å²) < 4.78 is 1.65. The second kappa shape index (κ2) is 6.67. The maximum absolute atomic E-state index is 12.3. The van der Waals surface area contributed by atoms with E-state index in [1.54, 1.807) is 29.3 Å². The molecule has 0 unspecified atom stereocenters. The van der Waals surface area contributed by atoms with E-state index in [2.05, 4.69) is 20.4 Å². The van der Waals surface area contributed by atoms with Gasteiger partial charge in [0, 0.05) is 29.7 Å². The van der Waals surface area contributed by atoms with Gasteiger partial charge in [-0.05, 0) is 30.7 Å². The highest BCUT2D eigenvalue weighted by Crippen LogP contribution is 2.20. The normalized spacial score (nSPS) is 10.7. The fraction of sp³-hybridized carbons (Fsp3) is 0.200. The van der Waals surface area contributed by atoms with Gasteiger partial charge in [-0.15, -0.1) is 11.3 Å². The molecule has 0 saturated carbocycles. The largest absolute Gasteiger partial charge is 0.396 e. The Balaban J connectivity index is 1.75. The number of aromatic nitrogens is 4. The van der Waals surface area contributed by atoms with Crippen LogP contribution in [0.2, 0.25) is 0 Å². The fourth-order valence-electron chi connectivity index (χ4n) is 2.15. The first-order chi connectivity index (χ1) is 11.2. The van der Waals surface area contributed by atoms with Crippen molar-refractivity contribution in [3.8, 4) is 5.69 Å². The number of thiazole rings is 1. The molecule has 0 spiro atoms. The van der Waals surface area contributed by atoms with Crippen LogP contribution in [0.3, 0.4) is 0 Å². The SMILES string of the molecule is Cc1cc(C(=O)Nc2ncc(CCO)s2)ccc1-n1cncn1. The van der Waals surface area contributed by atoms with E-state index in [1.165, 1.54) is 17.7 Å². The Kier molecular flexibility index (Phi) is 4.45. The Morgan fingerprint density at radius 1 is 1.43 bits per heavy atom. The van der Waals surface area contributed by atoms with Gasteiger partial charge in [0.25, 0.3) is 5.91 Å². The number of benzene rings is 1. The van der Waals surface area contributed by atoms with Crippen LogP contribution >= 0.6 is 11.3 Å². The summed E-state index contributed by atoms with van der Waals surface area (Å²) in [6.45, 7) is 1.98. The summed E-state index contributed by atoms with van der Waals surface area (Å²) in [5, 5.41) is 16.3. The van der Waals surface area contributed by atoms with Crippen molar-refractivity contribution < 1.29 is 9.90 Å². The van der Waals surface area contributed by atoms with Gasteiger partial charge < -0.3 is 5.11 Å². The highest BCUT2D eigenvalue weighted by molar-refractivity contribution is 7.15. The molecule has 0 atom stereocenters. The predicted octanol–water partition coefficient (Wildman–Crippen LogP) is 1.82. The molecule has 2 heterocycles. The molecule has 1 aromatic carbocycles. The van der Waals surface area contributed by atoms with E-state index in [4.69, 9.17) is 5.11 Å². The van der Waals surface area contributed by atoms with E-state index in [1.807, 2.05) is 13.0 Å². The lowest BCUT2D eigenvalue weighted by molar-refractivity contribution is 0.102. The Morgan fingerprint density at radius 2 is 2.30 bits per heavy atom. The molecule has 2 N–H and O–H groups in total. The molecular formula is C15H15N5O2S. The van der Waals surface area contributed by atoms with Gasteiger partial charge in [0.05, 0.1) is 5.69 Å². The number of hydrogen-bond acceptors (Lipinski definition) is 6. The second-order valence-corrected chi connectivity index (χ2v) is 6.02. The molecule has 7 nitrogen and oxygen atoms in total. The molecule has 23 heavy (non-hydrogen) atoms. The van der Waals surface area contributed by atoms with Crippen LogP contribution in [0.1, 0.15) is 20.8 Å². The van der Waals surface area contributed by atoms with Crippen LogP contribution in [0.15, 0.2) is 37.1 Å².